The molecule has 0 spiro atoms. The quantitative estimate of drug-likeness (QED) is 0.391. The van der Waals surface area contributed by atoms with E-state index in [0.29, 0.717) is 11.3 Å². The Bertz CT molecular complexity index is 1260. The van der Waals surface area contributed by atoms with E-state index in [1.54, 1.807) is 17.5 Å². The lowest BCUT2D eigenvalue weighted by atomic mass is 10.0. The van der Waals surface area contributed by atoms with Crippen LogP contribution in [0.15, 0.2) is 58.8 Å². The second kappa shape index (κ2) is 10.8. The first kappa shape index (κ1) is 26.6. The number of nitrogens with one attached hydrogen (secondary N) is 2. The zero-order chi connectivity index (χ0) is 25.8. The number of aromatic nitrogens is 1. The van der Waals surface area contributed by atoms with Crippen molar-refractivity contribution in [2.24, 2.45) is 5.92 Å². The Morgan fingerprint density at radius 2 is 1.71 bits per heavy atom. The summed E-state index contributed by atoms with van der Waals surface area (Å²) in [6.45, 7) is 5.58. The summed E-state index contributed by atoms with van der Waals surface area (Å²) in [4.78, 5) is 17.3. The predicted molar refractivity (Wildman–Crippen MR) is 128 cm³/mol. The number of amides is 1. The van der Waals surface area contributed by atoms with Crippen molar-refractivity contribution in [1.82, 2.24) is 9.71 Å². The van der Waals surface area contributed by atoms with Gasteiger partial charge in [-0.1, -0.05) is 31.5 Å². The SMILES string of the molecule is Cc1ccc(S(=O)(=O)NC(CC(C)C)C(=O)Nc2nc(-c3ccc(OC(F)(F)F)cc3)cs2)cc1. The molecule has 1 aromatic heterocycles. The van der Waals surface area contributed by atoms with E-state index >= 15 is 0 Å². The van der Waals surface area contributed by atoms with Crippen LogP contribution in [0.5, 0.6) is 5.75 Å². The number of carbonyl (C=O) groups is 1. The molecule has 3 rings (SSSR count). The molecule has 0 saturated heterocycles. The number of hydrogen-bond donors (Lipinski definition) is 2. The van der Waals surface area contributed by atoms with E-state index in [-0.39, 0.29) is 28.1 Å². The van der Waals surface area contributed by atoms with Crippen molar-refractivity contribution in [3.63, 3.8) is 0 Å². The second-order valence-electron chi connectivity index (χ2n) is 8.22. The Kier molecular flexibility index (Phi) is 8.18. The van der Waals surface area contributed by atoms with Crippen LogP contribution in [0, 0.1) is 12.8 Å². The van der Waals surface area contributed by atoms with Gasteiger partial charge in [-0.15, -0.1) is 24.5 Å². The summed E-state index contributed by atoms with van der Waals surface area (Å²) in [6, 6.07) is 10.4. The average Bonchev–Trinajstić information content (AvgIpc) is 3.21. The average molecular weight is 528 g/mol. The van der Waals surface area contributed by atoms with Gasteiger partial charge in [0, 0.05) is 10.9 Å². The first-order chi connectivity index (χ1) is 16.3. The third kappa shape index (κ3) is 7.77. The van der Waals surface area contributed by atoms with E-state index in [2.05, 4.69) is 19.8 Å². The molecule has 35 heavy (non-hydrogen) atoms. The maximum Gasteiger partial charge on any atom is 0.573 e. The van der Waals surface area contributed by atoms with Crippen LogP contribution >= 0.6 is 11.3 Å². The number of ether oxygens (including phenoxy) is 1. The third-order valence-electron chi connectivity index (χ3n) is 4.77. The molecule has 0 radical (unpaired) electrons. The molecule has 0 bridgehead atoms. The third-order valence-corrected chi connectivity index (χ3v) is 7.02. The molecule has 2 N–H and O–H groups in total. The van der Waals surface area contributed by atoms with Crippen LogP contribution in [-0.4, -0.2) is 31.7 Å². The van der Waals surface area contributed by atoms with Crippen molar-refractivity contribution in [2.45, 2.75) is 44.5 Å². The predicted octanol–water partition coefficient (Wildman–Crippen LogP) is 5.35. The topological polar surface area (TPSA) is 97.4 Å². The van der Waals surface area contributed by atoms with Gasteiger partial charge >= 0.3 is 6.36 Å². The largest absolute Gasteiger partial charge is 0.573 e. The number of carbonyl (C=O) groups excluding carboxylic acids is 1. The summed E-state index contributed by atoms with van der Waals surface area (Å²) in [7, 11) is -3.93. The molecule has 1 amide bonds. The van der Waals surface area contributed by atoms with Crippen molar-refractivity contribution in [3.05, 3.63) is 59.5 Å². The van der Waals surface area contributed by atoms with Gasteiger partial charge in [-0.3, -0.25) is 4.79 Å². The van der Waals surface area contributed by atoms with Gasteiger partial charge in [0.2, 0.25) is 15.9 Å². The summed E-state index contributed by atoms with van der Waals surface area (Å²) in [5.74, 6) is -0.901. The number of nitrogens with zero attached hydrogens (tertiary/aromatic N) is 1. The summed E-state index contributed by atoms with van der Waals surface area (Å²) in [6.07, 6.45) is -4.52. The standard InChI is InChI=1S/C23H24F3N3O4S2/c1-14(2)12-19(29-35(31,32)18-10-4-15(3)5-11-18)21(30)28-22-27-20(13-34-22)16-6-8-17(9-7-16)33-23(24,25)26/h4-11,13-14,19,29H,12H2,1-3H3,(H,27,28,30). The van der Waals surface area contributed by atoms with E-state index in [9.17, 15) is 26.4 Å². The first-order valence-corrected chi connectivity index (χ1v) is 12.9. The van der Waals surface area contributed by atoms with Crippen LogP contribution in [0.4, 0.5) is 18.3 Å². The number of halogens is 3. The zero-order valence-electron chi connectivity index (χ0n) is 19.1. The van der Waals surface area contributed by atoms with Crippen LogP contribution < -0.4 is 14.8 Å². The number of aryl methyl sites for hydroxylation is 1. The highest BCUT2D eigenvalue weighted by Crippen LogP contribution is 2.29. The highest BCUT2D eigenvalue weighted by atomic mass is 32.2. The maximum atomic E-state index is 12.9. The number of alkyl halides is 3. The van der Waals surface area contributed by atoms with E-state index in [0.717, 1.165) is 16.9 Å². The molecule has 0 aliphatic carbocycles. The van der Waals surface area contributed by atoms with Crippen LogP contribution in [-0.2, 0) is 14.8 Å². The zero-order valence-corrected chi connectivity index (χ0v) is 20.7. The van der Waals surface area contributed by atoms with Crippen LogP contribution in [0.3, 0.4) is 0 Å². The van der Waals surface area contributed by atoms with Crippen LogP contribution in [0.1, 0.15) is 25.8 Å². The van der Waals surface area contributed by atoms with Crippen molar-refractivity contribution in [3.8, 4) is 17.0 Å². The molecule has 1 unspecified atom stereocenters. The fourth-order valence-electron chi connectivity index (χ4n) is 3.14. The van der Waals surface area contributed by atoms with Crippen molar-refractivity contribution >= 4 is 32.4 Å². The summed E-state index contributed by atoms with van der Waals surface area (Å²) < 4.78 is 69.0. The molecule has 2 aromatic carbocycles. The molecule has 1 heterocycles. The number of sulfonamides is 1. The molecule has 12 heteroatoms. The Balaban J connectivity index is 1.72. The Hall–Kier alpha value is -2.96. The van der Waals surface area contributed by atoms with Crippen LogP contribution in [0.25, 0.3) is 11.3 Å². The van der Waals surface area contributed by atoms with E-state index < -0.39 is 28.3 Å². The highest BCUT2D eigenvalue weighted by Gasteiger charge is 2.31. The fraction of sp³-hybridized carbons (Fsp3) is 0.304. The number of hydrogen-bond acceptors (Lipinski definition) is 6. The molecule has 7 nitrogen and oxygen atoms in total. The molecular formula is C23H24F3N3O4S2. The molecule has 3 aromatic rings. The van der Waals surface area contributed by atoms with Gasteiger partial charge in [0.25, 0.3) is 0 Å². The van der Waals surface area contributed by atoms with Crippen molar-refractivity contribution in [1.29, 1.82) is 0 Å². The Morgan fingerprint density at radius 1 is 1.09 bits per heavy atom. The monoisotopic (exact) mass is 527 g/mol. The lowest BCUT2D eigenvalue weighted by Gasteiger charge is -2.19. The minimum absolute atomic E-state index is 0.0238. The Labute approximate surface area is 205 Å². The van der Waals surface area contributed by atoms with Crippen molar-refractivity contribution < 1.29 is 31.1 Å². The molecule has 0 aliphatic rings. The summed E-state index contributed by atoms with van der Waals surface area (Å²) >= 11 is 1.11. The van der Waals surface area contributed by atoms with E-state index in [4.69, 9.17) is 0 Å². The number of benzene rings is 2. The van der Waals surface area contributed by atoms with Gasteiger partial charge in [0.05, 0.1) is 10.6 Å². The Morgan fingerprint density at radius 3 is 2.29 bits per heavy atom. The van der Waals surface area contributed by atoms with E-state index in [1.807, 2.05) is 20.8 Å². The van der Waals surface area contributed by atoms with Gasteiger partial charge < -0.3 is 10.1 Å². The van der Waals surface area contributed by atoms with Gasteiger partial charge in [-0.2, -0.15) is 4.72 Å². The first-order valence-electron chi connectivity index (χ1n) is 10.5. The lowest BCUT2D eigenvalue weighted by molar-refractivity contribution is -0.274. The molecule has 0 saturated carbocycles. The van der Waals surface area contributed by atoms with Gasteiger partial charge in [-0.05, 0) is 55.7 Å². The number of anilines is 1. The van der Waals surface area contributed by atoms with Gasteiger partial charge in [0.1, 0.15) is 11.8 Å². The van der Waals surface area contributed by atoms with Crippen LogP contribution in [0.2, 0.25) is 0 Å². The molecule has 0 fully saturated rings. The smallest absolute Gasteiger partial charge is 0.406 e. The maximum absolute atomic E-state index is 12.9. The fourth-order valence-corrected chi connectivity index (χ4v) is 5.07. The normalized spacial score (nSPS) is 13.0. The summed E-state index contributed by atoms with van der Waals surface area (Å²) in [5.41, 5.74) is 1.86. The minimum Gasteiger partial charge on any atom is -0.406 e. The number of thiazole rings is 1. The lowest BCUT2D eigenvalue weighted by Crippen LogP contribution is -2.44. The molecule has 1 atom stereocenters. The minimum atomic E-state index is -4.78. The molecule has 188 valence electrons. The van der Waals surface area contributed by atoms with E-state index in [1.165, 1.54) is 36.4 Å². The van der Waals surface area contributed by atoms with Crippen molar-refractivity contribution in [2.75, 3.05) is 5.32 Å². The summed E-state index contributed by atoms with van der Waals surface area (Å²) in [5, 5.41) is 4.49. The number of rotatable bonds is 9. The van der Waals surface area contributed by atoms with Gasteiger partial charge in [0.15, 0.2) is 5.13 Å². The molecule has 0 aliphatic heterocycles. The second-order valence-corrected chi connectivity index (χ2v) is 10.8. The van der Waals surface area contributed by atoms with Gasteiger partial charge in [-0.25, -0.2) is 13.4 Å². The molecular weight excluding hydrogens is 503 g/mol. The highest BCUT2D eigenvalue weighted by molar-refractivity contribution is 7.89.